The Morgan fingerprint density at radius 2 is 1.86 bits per heavy atom. The van der Waals surface area contributed by atoms with E-state index in [1.54, 1.807) is 6.08 Å². The third kappa shape index (κ3) is 6.85. The number of anilines is 1. The Hall–Kier alpha value is -2.45. The zero-order valence-electron chi connectivity index (χ0n) is 23.4. The van der Waals surface area contributed by atoms with Crippen LogP contribution < -0.4 is 4.90 Å². The van der Waals surface area contributed by atoms with E-state index in [-0.39, 0.29) is 18.1 Å². The summed E-state index contributed by atoms with van der Waals surface area (Å²) >= 11 is 0. The molecule has 0 aromatic heterocycles. The Kier molecular flexibility index (Phi) is 9.53. The van der Waals surface area contributed by atoms with E-state index in [1.165, 1.54) is 28.0 Å². The van der Waals surface area contributed by atoms with Crippen molar-refractivity contribution in [2.45, 2.75) is 58.5 Å². The molecule has 7 nitrogen and oxygen atoms in total. The third-order valence-electron chi connectivity index (χ3n) is 7.22. The maximum Gasteiger partial charge on any atom is 0.239 e. The lowest BCUT2D eigenvalue weighted by Crippen LogP contribution is -2.67. The minimum atomic E-state index is -0.529. The van der Waals surface area contributed by atoms with Gasteiger partial charge in [-0.3, -0.25) is 9.69 Å². The van der Waals surface area contributed by atoms with E-state index in [9.17, 15) is 9.90 Å². The molecule has 1 aliphatic carbocycles. The molecule has 1 N–H and O–H groups in total. The summed E-state index contributed by atoms with van der Waals surface area (Å²) in [5.74, 6) is 0.162. The summed E-state index contributed by atoms with van der Waals surface area (Å²) in [6, 6.07) is 4.57. The second-order valence-corrected chi connectivity index (χ2v) is 10.7. The Morgan fingerprint density at radius 3 is 2.56 bits per heavy atom. The maximum atomic E-state index is 13.3. The number of benzene rings is 1. The Morgan fingerprint density at radius 1 is 1.14 bits per heavy atom. The highest BCUT2D eigenvalue weighted by Gasteiger charge is 2.38. The van der Waals surface area contributed by atoms with Crippen LogP contribution in [0.3, 0.4) is 0 Å². The lowest BCUT2D eigenvalue weighted by Gasteiger charge is -2.50. The predicted molar refractivity (Wildman–Crippen MR) is 149 cm³/mol. The molecule has 1 amide bonds. The summed E-state index contributed by atoms with van der Waals surface area (Å²) in [5, 5.41) is 14.0. The SMILES string of the molecule is Cc1cc(C)c(N(C)C)c(CN(C)CC2N([C@H](C)C/C3=C/C=CC(O)/C=C\C3)C(=O)CN(C)N2C)c1. The topological polar surface area (TPSA) is 53.5 Å². The Bertz CT molecular complexity index is 1020. The van der Waals surface area contributed by atoms with Crippen molar-refractivity contribution < 1.29 is 9.90 Å². The van der Waals surface area contributed by atoms with Gasteiger partial charge in [-0.25, -0.2) is 10.0 Å². The number of rotatable bonds is 8. The first-order chi connectivity index (χ1) is 17.0. The number of carbonyl (C=O) groups excluding carboxylic acids is 1. The molecule has 0 bridgehead atoms. The standard InChI is InChI=1S/C29H45N5O2/c1-21-15-22(2)29(30(4)5)25(16-21)18-31(6)19-27-33(8)32(7)20-28(36)34(27)23(3)17-24-11-9-13-26(35)14-10-12-24/h9-11,13-16,23,26-27,35H,12,17-20H2,1-8H3/b13-9?,14-10-,24-11+/t23-,26?,27?/m1/s1. The van der Waals surface area contributed by atoms with Gasteiger partial charge in [0.25, 0.3) is 0 Å². The van der Waals surface area contributed by atoms with Crippen molar-refractivity contribution in [3.63, 3.8) is 0 Å². The molecular formula is C29H45N5O2. The summed E-state index contributed by atoms with van der Waals surface area (Å²) in [6.45, 7) is 8.41. The molecule has 2 aliphatic rings. The molecule has 1 aromatic rings. The lowest BCUT2D eigenvalue weighted by atomic mass is 9.99. The van der Waals surface area contributed by atoms with Crippen LogP contribution >= 0.6 is 0 Å². The molecule has 1 aliphatic heterocycles. The highest BCUT2D eigenvalue weighted by molar-refractivity contribution is 5.79. The molecule has 1 heterocycles. The molecule has 1 saturated heterocycles. The van der Waals surface area contributed by atoms with Crippen LogP contribution in [0.5, 0.6) is 0 Å². The Balaban J connectivity index is 1.80. The molecule has 1 fully saturated rings. The first-order valence-corrected chi connectivity index (χ1v) is 12.9. The lowest BCUT2D eigenvalue weighted by molar-refractivity contribution is -0.176. The number of hydrogen-bond donors (Lipinski definition) is 1. The number of amides is 1. The van der Waals surface area contributed by atoms with Gasteiger partial charge in [-0.05, 0) is 51.8 Å². The van der Waals surface area contributed by atoms with E-state index in [4.69, 9.17) is 0 Å². The molecule has 2 unspecified atom stereocenters. The van der Waals surface area contributed by atoms with Crippen LogP contribution in [-0.4, -0.2) is 97.5 Å². The van der Waals surface area contributed by atoms with Crippen molar-refractivity contribution >= 4 is 11.6 Å². The average Bonchev–Trinajstić information content (AvgIpc) is 2.74. The van der Waals surface area contributed by atoms with Crippen molar-refractivity contribution in [1.29, 1.82) is 0 Å². The van der Waals surface area contributed by atoms with E-state index < -0.39 is 6.10 Å². The molecule has 198 valence electrons. The fourth-order valence-electron chi connectivity index (χ4n) is 5.58. The first kappa shape index (κ1) is 28.1. The zero-order chi connectivity index (χ0) is 26.6. The highest BCUT2D eigenvalue weighted by Crippen LogP contribution is 2.28. The van der Waals surface area contributed by atoms with E-state index in [2.05, 4.69) is 86.9 Å². The number of carbonyl (C=O) groups is 1. The molecular weight excluding hydrogens is 450 g/mol. The van der Waals surface area contributed by atoms with Gasteiger partial charge in [-0.1, -0.05) is 53.6 Å². The maximum absolute atomic E-state index is 13.3. The zero-order valence-corrected chi connectivity index (χ0v) is 23.4. The summed E-state index contributed by atoms with van der Waals surface area (Å²) < 4.78 is 0. The van der Waals surface area contributed by atoms with Crippen molar-refractivity contribution in [3.8, 4) is 0 Å². The molecule has 36 heavy (non-hydrogen) atoms. The molecule has 3 rings (SSSR count). The van der Waals surface area contributed by atoms with Gasteiger partial charge in [0, 0.05) is 53.0 Å². The first-order valence-electron chi connectivity index (χ1n) is 12.9. The number of likely N-dealkylation sites (N-methyl/N-ethyl adjacent to an activating group) is 3. The minimum absolute atomic E-state index is 0.0583. The van der Waals surface area contributed by atoms with Crippen LogP contribution in [0.25, 0.3) is 0 Å². The quantitative estimate of drug-likeness (QED) is 0.559. The average molecular weight is 496 g/mol. The number of hydrogen-bond acceptors (Lipinski definition) is 6. The van der Waals surface area contributed by atoms with Gasteiger partial charge in [0.2, 0.25) is 5.91 Å². The van der Waals surface area contributed by atoms with Crippen molar-refractivity contribution in [3.05, 3.63) is 64.8 Å². The minimum Gasteiger partial charge on any atom is -0.385 e. The van der Waals surface area contributed by atoms with Crippen LogP contribution in [-0.2, 0) is 11.3 Å². The fraction of sp³-hybridized carbons (Fsp3) is 0.552. The summed E-state index contributed by atoms with van der Waals surface area (Å²) in [6.07, 6.45) is 10.6. The normalized spacial score (nSPS) is 24.9. The van der Waals surface area contributed by atoms with E-state index >= 15 is 0 Å². The van der Waals surface area contributed by atoms with Gasteiger partial charge >= 0.3 is 0 Å². The molecule has 0 radical (unpaired) electrons. The van der Waals surface area contributed by atoms with Gasteiger partial charge in [-0.2, -0.15) is 0 Å². The molecule has 3 atom stereocenters. The largest absolute Gasteiger partial charge is 0.385 e. The van der Waals surface area contributed by atoms with Gasteiger partial charge in [0.05, 0.1) is 12.6 Å². The van der Waals surface area contributed by atoms with E-state index in [0.717, 1.165) is 25.9 Å². The number of allylic oxidation sites excluding steroid dienone is 3. The van der Waals surface area contributed by atoms with Crippen LogP contribution in [0, 0.1) is 13.8 Å². The van der Waals surface area contributed by atoms with E-state index in [1.807, 2.05) is 30.3 Å². The fourth-order valence-corrected chi connectivity index (χ4v) is 5.58. The smallest absolute Gasteiger partial charge is 0.239 e. The second kappa shape index (κ2) is 12.2. The molecule has 7 heteroatoms. The molecule has 0 spiro atoms. The van der Waals surface area contributed by atoms with Crippen molar-refractivity contribution in [1.82, 2.24) is 19.8 Å². The predicted octanol–water partition coefficient (Wildman–Crippen LogP) is 3.33. The number of aryl methyl sites for hydroxylation is 2. The summed E-state index contributed by atoms with van der Waals surface area (Å²) in [5.41, 5.74) is 6.38. The van der Waals surface area contributed by atoms with Crippen LogP contribution in [0.15, 0.2) is 48.1 Å². The van der Waals surface area contributed by atoms with Crippen LogP contribution in [0.2, 0.25) is 0 Å². The van der Waals surface area contributed by atoms with Crippen LogP contribution in [0.4, 0.5) is 5.69 Å². The molecule has 0 saturated carbocycles. The third-order valence-corrected chi connectivity index (χ3v) is 7.22. The van der Waals surface area contributed by atoms with E-state index in [0.29, 0.717) is 6.54 Å². The number of hydrazine groups is 1. The molecule has 1 aromatic carbocycles. The second-order valence-electron chi connectivity index (χ2n) is 10.7. The van der Waals surface area contributed by atoms with Gasteiger partial charge in [0.1, 0.15) is 6.17 Å². The van der Waals surface area contributed by atoms with Gasteiger partial charge in [0.15, 0.2) is 0 Å². The number of aliphatic hydroxyl groups excluding tert-OH is 1. The summed E-state index contributed by atoms with van der Waals surface area (Å²) in [4.78, 5) is 19.9. The monoisotopic (exact) mass is 495 g/mol. The van der Waals surface area contributed by atoms with Crippen LogP contribution in [0.1, 0.15) is 36.5 Å². The van der Waals surface area contributed by atoms with Crippen molar-refractivity contribution in [2.75, 3.05) is 53.2 Å². The van der Waals surface area contributed by atoms with Gasteiger partial charge < -0.3 is 14.9 Å². The Labute approximate surface area is 217 Å². The van der Waals surface area contributed by atoms with Crippen molar-refractivity contribution in [2.24, 2.45) is 0 Å². The number of aliphatic hydroxyl groups is 1. The summed E-state index contributed by atoms with van der Waals surface area (Å²) in [7, 11) is 10.4. The number of nitrogens with zero attached hydrogens (tertiary/aromatic N) is 5. The van der Waals surface area contributed by atoms with Gasteiger partial charge in [-0.15, -0.1) is 0 Å². The highest BCUT2D eigenvalue weighted by atomic mass is 16.3.